The van der Waals surface area contributed by atoms with Crippen LogP contribution in [0.1, 0.15) is 20.8 Å². The van der Waals surface area contributed by atoms with Crippen LogP contribution < -0.4 is 16.0 Å². The van der Waals surface area contributed by atoms with Gasteiger partial charge in [-0.05, 0) is 60.7 Å². The first kappa shape index (κ1) is 23.8. The fourth-order valence-electron chi connectivity index (χ4n) is 3.12. The number of halogens is 1. The van der Waals surface area contributed by atoms with Gasteiger partial charge in [-0.1, -0.05) is 18.7 Å². The Morgan fingerprint density at radius 3 is 2.20 bits per heavy atom. The van der Waals surface area contributed by atoms with Crippen molar-refractivity contribution in [1.29, 1.82) is 0 Å². The normalized spacial score (nSPS) is 10.3. The van der Waals surface area contributed by atoms with Crippen LogP contribution >= 0.6 is 22.9 Å². The molecule has 3 N–H and O–H groups in total. The topological polar surface area (TPSA) is 118 Å². The number of anilines is 3. The van der Waals surface area contributed by atoms with Gasteiger partial charge in [0.05, 0.1) is 34.8 Å². The highest BCUT2D eigenvalue weighted by Gasteiger charge is 2.12. The maximum Gasteiger partial charge on any atom is 0.274 e. The van der Waals surface area contributed by atoms with Crippen LogP contribution in [0, 0.1) is 0 Å². The average Bonchev–Trinajstić information content (AvgIpc) is 3.31. The van der Waals surface area contributed by atoms with Crippen LogP contribution in [0.5, 0.6) is 0 Å². The summed E-state index contributed by atoms with van der Waals surface area (Å²) in [5, 5.41) is 12.3. The molecular weight excluding hydrogens is 559 g/mol. The van der Waals surface area contributed by atoms with E-state index in [0.29, 0.717) is 28.3 Å². The summed E-state index contributed by atoms with van der Waals surface area (Å²) in [6.07, 6.45) is 4.64. The summed E-state index contributed by atoms with van der Waals surface area (Å²) >= 11 is 2.04. The summed E-state index contributed by atoms with van der Waals surface area (Å²) in [7, 11) is 0. The highest BCUT2D eigenvalue weighted by molar-refractivity contribution is 14.1. The molecule has 0 radical (unpaired) electrons. The third kappa shape index (κ3) is 6.18. The Bertz CT molecular complexity index is 1410. The van der Waals surface area contributed by atoms with E-state index >= 15 is 0 Å². The molecule has 2 heterocycles. The summed E-state index contributed by atoms with van der Waals surface area (Å²) < 4.78 is 1.64. The lowest BCUT2D eigenvalue weighted by atomic mass is 10.1. The molecule has 0 saturated heterocycles. The van der Waals surface area contributed by atoms with E-state index in [9.17, 15) is 14.4 Å². The van der Waals surface area contributed by atoms with Crippen molar-refractivity contribution in [2.24, 2.45) is 0 Å². The molecule has 0 aliphatic rings. The molecule has 174 valence electrons. The zero-order valence-corrected chi connectivity index (χ0v) is 20.4. The Hall–Kier alpha value is -4.32. The molecule has 3 amide bonds. The Morgan fingerprint density at radius 2 is 1.54 bits per heavy atom. The lowest BCUT2D eigenvalue weighted by Gasteiger charge is -2.09. The van der Waals surface area contributed by atoms with Gasteiger partial charge in [-0.3, -0.25) is 14.4 Å². The second kappa shape index (κ2) is 10.7. The summed E-state index contributed by atoms with van der Waals surface area (Å²) in [6.45, 7) is 3.41. The largest absolute Gasteiger partial charge is 0.323 e. The van der Waals surface area contributed by atoms with Crippen molar-refractivity contribution >= 4 is 57.6 Å². The van der Waals surface area contributed by atoms with E-state index in [-0.39, 0.29) is 23.4 Å². The standard InChI is InChI=1S/C25H19IN6O3/c1-2-23(33)28-20-6-3-5-16(13-20)24(34)29-18-9-11-19(12-10-18)30-25(35)22-8-4-7-21(31-22)17-14-27-32(26)15-17/h2-15H,1H2,(H,28,33)(H,29,34)(H,30,35). The number of nitrogens with one attached hydrogen (secondary N) is 3. The Balaban J connectivity index is 1.39. The van der Waals surface area contributed by atoms with Crippen LogP contribution in [0.4, 0.5) is 17.1 Å². The summed E-state index contributed by atoms with van der Waals surface area (Å²) in [4.78, 5) is 41.2. The number of pyridine rings is 1. The highest BCUT2D eigenvalue weighted by atomic mass is 127. The Kier molecular flexibility index (Phi) is 7.31. The predicted octanol–water partition coefficient (Wildman–Crippen LogP) is 4.77. The zero-order valence-electron chi connectivity index (χ0n) is 18.2. The van der Waals surface area contributed by atoms with Gasteiger partial charge in [0.2, 0.25) is 5.91 Å². The molecule has 0 spiro atoms. The quantitative estimate of drug-likeness (QED) is 0.216. The summed E-state index contributed by atoms with van der Waals surface area (Å²) in [5.74, 6) is -1.06. The zero-order chi connectivity index (χ0) is 24.8. The number of hydrogen-bond donors (Lipinski definition) is 3. The number of carbonyl (C=O) groups is 3. The molecule has 0 bridgehead atoms. The minimum atomic E-state index is -0.362. The second-order valence-electron chi connectivity index (χ2n) is 7.29. The van der Waals surface area contributed by atoms with E-state index < -0.39 is 0 Å². The molecule has 0 aliphatic carbocycles. The Labute approximate surface area is 214 Å². The van der Waals surface area contributed by atoms with Gasteiger partial charge in [-0.25, -0.2) is 7.88 Å². The molecule has 35 heavy (non-hydrogen) atoms. The number of hydrogen-bond acceptors (Lipinski definition) is 5. The lowest BCUT2D eigenvalue weighted by molar-refractivity contribution is -0.111. The van der Waals surface area contributed by atoms with Crippen molar-refractivity contribution in [2.45, 2.75) is 0 Å². The lowest BCUT2D eigenvalue weighted by Crippen LogP contribution is -2.15. The predicted molar refractivity (Wildman–Crippen MR) is 142 cm³/mol. The van der Waals surface area contributed by atoms with E-state index in [0.717, 1.165) is 11.6 Å². The van der Waals surface area contributed by atoms with Crippen LogP contribution in [0.3, 0.4) is 0 Å². The average molecular weight is 578 g/mol. The van der Waals surface area contributed by atoms with Crippen molar-refractivity contribution in [3.63, 3.8) is 0 Å². The second-order valence-corrected chi connectivity index (χ2v) is 8.27. The molecule has 4 aromatic rings. The van der Waals surface area contributed by atoms with Gasteiger partial charge in [-0.2, -0.15) is 5.10 Å². The Morgan fingerprint density at radius 1 is 0.857 bits per heavy atom. The van der Waals surface area contributed by atoms with Gasteiger partial charge >= 0.3 is 0 Å². The van der Waals surface area contributed by atoms with Crippen molar-refractivity contribution in [3.05, 3.63) is 103 Å². The molecular formula is C25H19IN6O3. The molecule has 4 rings (SSSR count). The number of carbonyl (C=O) groups excluding carboxylic acids is 3. The molecule has 0 atom stereocenters. The monoisotopic (exact) mass is 578 g/mol. The third-order valence-electron chi connectivity index (χ3n) is 4.81. The minimum Gasteiger partial charge on any atom is -0.323 e. The number of rotatable bonds is 7. The van der Waals surface area contributed by atoms with Crippen molar-refractivity contribution in [3.8, 4) is 11.3 Å². The number of nitrogens with zero attached hydrogens (tertiary/aromatic N) is 3. The minimum absolute atomic E-state index is 0.268. The molecule has 10 heteroatoms. The first-order valence-corrected chi connectivity index (χ1v) is 11.3. The smallest absolute Gasteiger partial charge is 0.274 e. The van der Waals surface area contributed by atoms with Crippen LogP contribution in [-0.2, 0) is 4.79 Å². The molecule has 0 aliphatic heterocycles. The molecule has 9 nitrogen and oxygen atoms in total. The van der Waals surface area contributed by atoms with E-state index in [1.165, 1.54) is 0 Å². The fraction of sp³-hybridized carbons (Fsp3) is 0. The molecule has 0 saturated carbocycles. The molecule has 2 aromatic carbocycles. The first-order valence-electron chi connectivity index (χ1n) is 10.4. The van der Waals surface area contributed by atoms with Gasteiger partial charge in [0.1, 0.15) is 5.69 Å². The SMILES string of the molecule is C=CC(=O)Nc1cccc(C(=O)Nc2ccc(NC(=O)c3cccc(-c4cnn(I)c4)n3)cc2)c1. The molecule has 0 unspecified atom stereocenters. The highest BCUT2D eigenvalue weighted by Crippen LogP contribution is 2.19. The summed E-state index contributed by atoms with van der Waals surface area (Å²) in [5.41, 5.74) is 3.68. The number of aromatic nitrogens is 3. The van der Waals surface area contributed by atoms with Gasteiger partial charge in [0.15, 0.2) is 0 Å². The van der Waals surface area contributed by atoms with E-state index in [1.807, 2.05) is 35.1 Å². The molecule has 2 aromatic heterocycles. The van der Waals surface area contributed by atoms with Crippen LogP contribution in [0.15, 0.2) is 91.8 Å². The van der Waals surface area contributed by atoms with Gasteiger partial charge in [0.25, 0.3) is 11.8 Å². The van der Waals surface area contributed by atoms with Gasteiger partial charge in [-0.15, -0.1) is 0 Å². The van der Waals surface area contributed by atoms with E-state index in [2.05, 4.69) is 32.6 Å². The van der Waals surface area contributed by atoms with Crippen molar-refractivity contribution < 1.29 is 14.4 Å². The van der Waals surface area contributed by atoms with Gasteiger partial charge < -0.3 is 16.0 Å². The van der Waals surface area contributed by atoms with Crippen LogP contribution in [0.2, 0.25) is 0 Å². The first-order chi connectivity index (χ1) is 16.9. The third-order valence-corrected chi connectivity index (χ3v) is 5.34. The molecule has 0 fully saturated rings. The van der Waals surface area contributed by atoms with Gasteiger partial charge in [0, 0.05) is 34.4 Å². The maximum atomic E-state index is 12.7. The van der Waals surface area contributed by atoms with Crippen LogP contribution in [-0.4, -0.2) is 30.7 Å². The van der Waals surface area contributed by atoms with Crippen LogP contribution in [0.25, 0.3) is 11.3 Å². The van der Waals surface area contributed by atoms with Crippen molar-refractivity contribution in [1.82, 2.24) is 13.0 Å². The summed E-state index contributed by atoms with van der Waals surface area (Å²) in [6, 6.07) is 18.5. The van der Waals surface area contributed by atoms with E-state index in [4.69, 9.17) is 0 Å². The van der Waals surface area contributed by atoms with Crippen molar-refractivity contribution in [2.75, 3.05) is 16.0 Å². The number of amides is 3. The maximum absolute atomic E-state index is 12.7. The van der Waals surface area contributed by atoms with E-state index in [1.54, 1.807) is 69.8 Å². The number of benzene rings is 2. The fourth-order valence-corrected chi connectivity index (χ4v) is 3.54.